The lowest BCUT2D eigenvalue weighted by molar-refractivity contribution is -0.203. The van der Waals surface area contributed by atoms with E-state index in [9.17, 15) is 18.0 Å². The number of aromatic amines is 1. The molecule has 74 valence electrons. The Hall–Kier alpha value is -1.72. The molecule has 1 aromatic carbocycles. The van der Waals surface area contributed by atoms with Crippen LogP contribution in [0, 0.1) is 0 Å². The Morgan fingerprint density at radius 2 is 1.86 bits per heavy atom. The van der Waals surface area contributed by atoms with Crippen LogP contribution >= 0.6 is 0 Å². The highest BCUT2D eigenvalue weighted by atomic mass is 19.4. The Morgan fingerprint density at radius 1 is 1.21 bits per heavy atom. The maximum absolute atomic E-state index is 12.4. The SMILES string of the molecule is O=c1[nH]c2ccccc2n1C(F)(F)F. The average Bonchev–Trinajstić information content (AvgIpc) is 2.38. The van der Waals surface area contributed by atoms with Gasteiger partial charge in [0.15, 0.2) is 0 Å². The first-order valence-corrected chi connectivity index (χ1v) is 3.77. The summed E-state index contributed by atoms with van der Waals surface area (Å²) in [6.07, 6.45) is -4.68. The van der Waals surface area contributed by atoms with Crippen molar-refractivity contribution >= 4 is 11.0 Å². The van der Waals surface area contributed by atoms with Crippen LogP contribution in [0.4, 0.5) is 13.2 Å². The van der Waals surface area contributed by atoms with Crippen LogP contribution in [0.15, 0.2) is 29.1 Å². The summed E-state index contributed by atoms with van der Waals surface area (Å²) in [6, 6.07) is 5.65. The number of hydrogen-bond donors (Lipinski definition) is 1. The van der Waals surface area contributed by atoms with Gasteiger partial charge in [-0.2, -0.15) is 0 Å². The minimum Gasteiger partial charge on any atom is -0.305 e. The molecule has 1 heterocycles. The minimum atomic E-state index is -4.68. The first kappa shape index (κ1) is 8.86. The van der Waals surface area contributed by atoms with E-state index in [-0.39, 0.29) is 15.6 Å². The van der Waals surface area contributed by atoms with Gasteiger partial charge in [0.05, 0.1) is 11.0 Å². The number of para-hydroxylation sites is 2. The molecule has 0 aliphatic heterocycles. The van der Waals surface area contributed by atoms with Crippen molar-refractivity contribution in [3.63, 3.8) is 0 Å². The Balaban J connectivity index is 2.88. The molecule has 2 rings (SSSR count). The second-order valence-corrected chi connectivity index (χ2v) is 2.75. The third kappa shape index (κ3) is 1.19. The highest BCUT2D eigenvalue weighted by Gasteiger charge is 2.34. The summed E-state index contributed by atoms with van der Waals surface area (Å²) in [4.78, 5) is 13.1. The van der Waals surface area contributed by atoms with Crippen molar-refractivity contribution in [2.75, 3.05) is 0 Å². The second-order valence-electron chi connectivity index (χ2n) is 2.75. The topological polar surface area (TPSA) is 37.8 Å². The van der Waals surface area contributed by atoms with E-state index < -0.39 is 12.0 Å². The van der Waals surface area contributed by atoms with Crippen molar-refractivity contribution in [2.24, 2.45) is 0 Å². The molecule has 0 radical (unpaired) electrons. The van der Waals surface area contributed by atoms with Gasteiger partial charge < -0.3 is 4.98 Å². The fourth-order valence-corrected chi connectivity index (χ4v) is 1.31. The van der Waals surface area contributed by atoms with Gasteiger partial charge in [-0.3, -0.25) is 0 Å². The zero-order chi connectivity index (χ0) is 10.3. The number of nitrogens with zero attached hydrogens (tertiary/aromatic N) is 1. The van der Waals surface area contributed by atoms with Crippen molar-refractivity contribution in [2.45, 2.75) is 6.30 Å². The quantitative estimate of drug-likeness (QED) is 0.695. The van der Waals surface area contributed by atoms with Crippen molar-refractivity contribution in [3.05, 3.63) is 34.7 Å². The Morgan fingerprint density at radius 3 is 2.50 bits per heavy atom. The average molecular weight is 202 g/mol. The number of alkyl halides is 3. The third-order valence-electron chi connectivity index (χ3n) is 1.84. The Bertz CT molecular complexity index is 523. The van der Waals surface area contributed by atoms with Gasteiger partial charge in [0.1, 0.15) is 0 Å². The van der Waals surface area contributed by atoms with E-state index in [2.05, 4.69) is 4.98 Å². The molecule has 0 aliphatic carbocycles. The molecule has 14 heavy (non-hydrogen) atoms. The van der Waals surface area contributed by atoms with Gasteiger partial charge in [0.2, 0.25) is 0 Å². The molecular formula is C8H5F3N2O. The lowest BCUT2D eigenvalue weighted by Gasteiger charge is -2.06. The van der Waals surface area contributed by atoms with Crippen molar-refractivity contribution in [3.8, 4) is 0 Å². The van der Waals surface area contributed by atoms with Crippen LogP contribution in [0.25, 0.3) is 11.0 Å². The number of imidazole rings is 1. The number of fused-ring (bicyclic) bond motifs is 1. The molecule has 6 heteroatoms. The van der Waals surface area contributed by atoms with E-state index in [1.54, 1.807) is 6.07 Å². The van der Waals surface area contributed by atoms with Crippen LogP contribution in [0.2, 0.25) is 0 Å². The lowest BCUT2D eigenvalue weighted by atomic mass is 10.3. The number of rotatable bonds is 0. The van der Waals surface area contributed by atoms with Crippen LogP contribution < -0.4 is 5.69 Å². The smallest absolute Gasteiger partial charge is 0.305 e. The van der Waals surface area contributed by atoms with Gasteiger partial charge in [-0.15, -0.1) is 13.2 Å². The van der Waals surface area contributed by atoms with Gasteiger partial charge in [-0.05, 0) is 12.1 Å². The van der Waals surface area contributed by atoms with E-state index in [4.69, 9.17) is 0 Å². The van der Waals surface area contributed by atoms with Crippen LogP contribution in [0.5, 0.6) is 0 Å². The monoisotopic (exact) mass is 202 g/mol. The first-order chi connectivity index (χ1) is 6.50. The fourth-order valence-electron chi connectivity index (χ4n) is 1.31. The maximum Gasteiger partial charge on any atom is 0.493 e. The Kier molecular flexibility index (Phi) is 1.67. The zero-order valence-corrected chi connectivity index (χ0v) is 6.80. The third-order valence-corrected chi connectivity index (χ3v) is 1.84. The predicted octanol–water partition coefficient (Wildman–Crippen LogP) is 1.81. The molecule has 0 saturated carbocycles. The van der Waals surface area contributed by atoms with E-state index in [0.29, 0.717) is 0 Å². The van der Waals surface area contributed by atoms with E-state index in [0.717, 1.165) is 0 Å². The normalized spacial score (nSPS) is 12.2. The van der Waals surface area contributed by atoms with Gasteiger partial charge in [-0.1, -0.05) is 12.1 Å². The van der Waals surface area contributed by atoms with Gasteiger partial charge >= 0.3 is 12.0 Å². The molecule has 0 amide bonds. The van der Waals surface area contributed by atoms with Crippen LogP contribution in [-0.2, 0) is 6.30 Å². The molecule has 3 nitrogen and oxygen atoms in total. The first-order valence-electron chi connectivity index (χ1n) is 3.77. The van der Waals surface area contributed by atoms with Crippen molar-refractivity contribution < 1.29 is 13.2 Å². The van der Waals surface area contributed by atoms with Gasteiger partial charge in [-0.25, -0.2) is 9.36 Å². The zero-order valence-electron chi connectivity index (χ0n) is 6.80. The molecule has 0 aliphatic rings. The summed E-state index contributed by atoms with van der Waals surface area (Å²) in [5.41, 5.74) is -1.15. The van der Waals surface area contributed by atoms with E-state index >= 15 is 0 Å². The number of nitrogens with one attached hydrogen (secondary N) is 1. The molecule has 0 bridgehead atoms. The summed E-state index contributed by atoms with van der Waals surface area (Å²) in [7, 11) is 0. The molecule has 1 aromatic heterocycles. The molecule has 0 atom stereocenters. The number of benzene rings is 1. The summed E-state index contributed by atoms with van der Waals surface area (Å²) in [5.74, 6) is 0. The summed E-state index contributed by atoms with van der Waals surface area (Å²) >= 11 is 0. The van der Waals surface area contributed by atoms with Crippen LogP contribution in [-0.4, -0.2) is 9.55 Å². The van der Waals surface area contributed by atoms with E-state index in [1.165, 1.54) is 18.2 Å². The van der Waals surface area contributed by atoms with Gasteiger partial charge in [0, 0.05) is 0 Å². The maximum atomic E-state index is 12.4. The number of hydrogen-bond acceptors (Lipinski definition) is 1. The minimum absolute atomic E-state index is 0.162. The largest absolute Gasteiger partial charge is 0.493 e. The predicted molar refractivity (Wildman–Crippen MR) is 43.9 cm³/mol. The highest BCUT2D eigenvalue weighted by molar-refractivity contribution is 5.75. The molecule has 0 saturated heterocycles. The number of H-pyrrole nitrogens is 1. The fraction of sp³-hybridized carbons (Fsp3) is 0.125. The number of aromatic nitrogens is 2. The van der Waals surface area contributed by atoms with Crippen molar-refractivity contribution in [1.82, 2.24) is 9.55 Å². The van der Waals surface area contributed by atoms with Crippen LogP contribution in [0.3, 0.4) is 0 Å². The molecule has 0 fully saturated rings. The molecular weight excluding hydrogens is 197 g/mol. The lowest BCUT2D eigenvalue weighted by Crippen LogP contribution is -2.28. The molecule has 0 spiro atoms. The summed E-state index contributed by atoms with van der Waals surface area (Å²) in [5, 5.41) is 0. The van der Waals surface area contributed by atoms with Crippen LogP contribution in [0.1, 0.15) is 0 Å². The van der Waals surface area contributed by atoms with E-state index in [1.807, 2.05) is 0 Å². The van der Waals surface area contributed by atoms with Crippen molar-refractivity contribution in [1.29, 1.82) is 0 Å². The summed E-state index contributed by atoms with van der Waals surface area (Å²) < 4.78 is 36.8. The molecule has 0 unspecified atom stereocenters. The molecule has 1 N–H and O–H groups in total. The summed E-state index contributed by atoms with van der Waals surface area (Å²) in [6.45, 7) is 0. The van der Waals surface area contributed by atoms with Gasteiger partial charge in [0.25, 0.3) is 0 Å². The highest BCUT2D eigenvalue weighted by Crippen LogP contribution is 2.24. The second kappa shape index (κ2) is 2.63. The number of halogens is 3. The Labute approximate surface area is 75.8 Å². The molecule has 2 aromatic rings. The standard InChI is InChI=1S/C8H5F3N2O/c9-8(10,11)13-6-4-2-1-3-5(6)12-7(13)14/h1-4H,(H,12,14).